The summed E-state index contributed by atoms with van der Waals surface area (Å²) in [4.78, 5) is 49.7. The molecule has 1 fully saturated rings. The van der Waals surface area contributed by atoms with Gasteiger partial charge in [-0.15, -0.1) is 0 Å². The normalized spacial score (nSPS) is 17.4. The van der Waals surface area contributed by atoms with Crippen molar-refractivity contribution in [3.63, 3.8) is 0 Å². The number of carbonyl (C=O) groups excluding carboxylic acids is 1. The van der Waals surface area contributed by atoms with Crippen LogP contribution in [-0.2, 0) is 0 Å². The zero-order valence-corrected chi connectivity index (χ0v) is 14.0. The van der Waals surface area contributed by atoms with Gasteiger partial charge >= 0.3 is 11.7 Å². The molecular weight excluding hydrogens is 326 g/mol. The number of hydrogen-bond donors (Lipinski definition) is 2. The molecule has 1 unspecified atom stereocenters. The summed E-state index contributed by atoms with van der Waals surface area (Å²) < 4.78 is 5.82. The largest absolute Gasteiger partial charge is 0.458 e. The van der Waals surface area contributed by atoms with Gasteiger partial charge in [0.05, 0.1) is 6.54 Å². The molecule has 2 aromatic rings. The molecule has 9 nitrogen and oxygen atoms in total. The zero-order valence-electron chi connectivity index (χ0n) is 14.0. The summed E-state index contributed by atoms with van der Waals surface area (Å²) in [5, 5.41) is 0. The van der Waals surface area contributed by atoms with E-state index in [-0.39, 0.29) is 11.8 Å². The van der Waals surface area contributed by atoms with E-state index in [4.69, 9.17) is 4.74 Å². The predicted octanol–water partition coefficient (Wildman–Crippen LogP) is 0.154. The van der Waals surface area contributed by atoms with E-state index in [1.807, 2.05) is 24.9 Å². The van der Waals surface area contributed by atoms with Gasteiger partial charge in [-0.1, -0.05) is 0 Å². The van der Waals surface area contributed by atoms with Gasteiger partial charge in [0, 0.05) is 24.0 Å². The highest BCUT2D eigenvalue weighted by Gasteiger charge is 2.27. The van der Waals surface area contributed by atoms with Gasteiger partial charge in [0.2, 0.25) is 0 Å². The van der Waals surface area contributed by atoms with Crippen LogP contribution in [0.5, 0.6) is 6.01 Å². The Morgan fingerprint density at radius 1 is 1.20 bits per heavy atom. The molecule has 132 valence electrons. The lowest BCUT2D eigenvalue weighted by atomic mass is 10.1. The maximum atomic E-state index is 12.5. The molecule has 1 atom stereocenters. The van der Waals surface area contributed by atoms with E-state index in [2.05, 4.69) is 15.0 Å². The maximum absolute atomic E-state index is 12.5. The van der Waals surface area contributed by atoms with E-state index >= 15 is 0 Å². The Labute approximate surface area is 143 Å². The van der Waals surface area contributed by atoms with Crippen molar-refractivity contribution in [2.45, 2.75) is 32.8 Å². The average Bonchev–Trinajstić information content (AvgIpc) is 2.52. The lowest BCUT2D eigenvalue weighted by molar-refractivity contribution is 0.0509. The monoisotopic (exact) mass is 345 g/mol. The van der Waals surface area contributed by atoms with Crippen molar-refractivity contribution in [2.24, 2.45) is 0 Å². The summed E-state index contributed by atoms with van der Waals surface area (Å²) >= 11 is 0. The molecular formula is C16H19N5O4. The summed E-state index contributed by atoms with van der Waals surface area (Å²) in [5.74, 6) is -0.405. The second-order valence-electron chi connectivity index (χ2n) is 6.07. The first-order valence-electron chi connectivity index (χ1n) is 8.02. The molecule has 0 aromatic carbocycles. The minimum Gasteiger partial charge on any atom is -0.458 e. The molecule has 0 radical (unpaired) electrons. The number of hydrogen-bond acceptors (Lipinski definition) is 6. The molecule has 0 saturated carbocycles. The fraction of sp³-hybridized carbons (Fsp3) is 0.438. The number of amides is 1. The number of rotatable bonds is 3. The standard InChI is InChI=1S/C16H19N5O4/c1-9-6-10(2)18-16(17-9)25-11-4-3-5-21(8-11)14(23)12-7-13(22)20-15(24)19-12/h6-7,11H,3-5,8H2,1-2H3,(H2,19,20,22,24). The van der Waals surface area contributed by atoms with Gasteiger partial charge in [-0.25, -0.2) is 14.8 Å². The molecule has 1 aliphatic rings. The van der Waals surface area contributed by atoms with E-state index < -0.39 is 17.2 Å². The SMILES string of the molecule is Cc1cc(C)nc(OC2CCCN(C(=O)c3cc(=O)[nH]c(=O)[nH]3)C2)n1. The number of carbonyl (C=O) groups is 1. The van der Waals surface area contributed by atoms with Crippen LogP contribution in [0.4, 0.5) is 0 Å². The molecule has 9 heteroatoms. The summed E-state index contributed by atoms with van der Waals surface area (Å²) in [7, 11) is 0. The van der Waals surface area contributed by atoms with Crippen molar-refractivity contribution in [1.29, 1.82) is 0 Å². The van der Waals surface area contributed by atoms with Crippen molar-refractivity contribution < 1.29 is 9.53 Å². The fourth-order valence-corrected chi connectivity index (χ4v) is 2.87. The van der Waals surface area contributed by atoms with Gasteiger partial charge in [0.25, 0.3) is 11.5 Å². The van der Waals surface area contributed by atoms with E-state index in [0.29, 0.717) is 19.1 Å². The Morgan fingerprint density at radius 3 is 2.60 bits per heavy atom. The van der Waals surface area contributed by atoms with Crippen molar-refractivity contribution in [3.8, 4) is 6.01 Å². The van der Waals surface area contributed by atoms with Crippen LogP contribution < -0.4 is 16.0 Å². The second-order valence-corrected chi connectivity index (χ2v) is 6.07. The lowest BCUT2D eigenvalue weighted by Crippen LogP contribution is -2.45. The van der Waals surface area contributed by atoms with Crippen LogP contribution in [0.2, 0.25) is 0 Å². The zero-order chi connectivity index (χ0) is 18.0. The summed E-state index contributed by atoms with van der Waals surface area (Å²) in [6, 6.07) is 3.23. The smallest absolute Gasteiger partial charge is 0.326 e. The van der Waals surface area contributed by atoms with Crippen LogP contribution in [0.1, 0.15) is 34.7 Å². The molecule has 25 heavy (non-hydrogen) atoms. The highest BCUT2D eigenvalue weighted by atomic mass is 16.5. The molecule has 1 aliphatic heterocycles. The number of piperidine rings is 1. The van der Waals surface area contributed by atoms with Gasteiger partial charge in [-0.2, -0.15) is 0 Å². The Morgan fingerprint density at radius 2 is 1.92 bits per heavy atom. The molecule has 1 saturated heterocycles. The van der Waals surface area contributed by atoms with Crippen LogP contribution in [0.25, 0.3) is 0 Å². The van der Waals surface area contributed by atoms with Crippen LogP contribution in [0.3, 0.4) is 0 Å². The van der Waals surface area contributed by atoms with Crippen LogP contribution in [0, 0.1) is 13.8 Å². The van der Waals surface area contributed by atoms with Crippen LogP contribution in [0.15, 0.2) is 21.7 Å². The van der Waals surface area contributed by atoms with Gasteiger partial charge < -0.3 is 14.6 Å². The molecule has 2 N–H and O–H groups in total. The van der Waals surface area contributed by atoms with Crippen molar-refractivity contribution in [3.05, 3.63) is 50.1 Å². The average molecular weight is 345 g/mol. The Hall–Kier alpha value is -2.97. The van der Waals surface area contributed by atoms with Gasteiger partial charge in [0.15, 0.2) is 0 Å². The van der Waals surface area contributed by atoms with Gasteiger partial charge in [-0.3, -0.25) is 14.6 Å². The number of H-pyrrole nitrogens is 2. The Kier molecular flexibility index (Phi) is 4.64. The molecule has 1 amide bonds. The lowest BCUT2D eigenvalue weighted by Gasteiger charge is -2.32. The third-order valence-electron chi connectivity index (χ3n) is 3.89. The minimum atomic E-state index is -0.704. The third kappa shape index (κ3) is 4.11. The van der Waals surface area contributed by atoms with Gasteiger partial charge in [-0.05, 0) is 32.8 Å². The minimum absolute atomic E-state index is 0.0305. The number of nitrogens with one attached hydrogen (secondary N) is 2. The van der Waals surface area contributed by atoms with Crippen molar-refractivity contribution >= 4 is 5.91 Å². The number of nitrogens with zero attached hydrogens (tertiary/aromatic N) is 3. The predicted molar refractivity (Wildman–Crippen MR) is 88.7 cm³/mol. The van der Waals surface area contributed by atoms with Crippen LogP contribution >= 0.6 is 0 Å². The van der Waals surface area contributed by atoms with E-state index in [9.17, 15) is 14.4 Å². The Bertz CT molecular complexity index is 855. The highest BCUT2D eigenvalue weighted by Crippen LogP contribution is 2.17. The summed E-state index contributed by atoms with van der Waals surface area (Å²) in [5.41, 5.74) is 0.279. The van der Waals surface area contributed by atoms with Crippen molar-refractivity contribution in [2.75, 3.05) is 13.1 Å². The fourth-order valence-electron chi connectivity index (χ4n) is 2.87. The van der Waals surface area contributed by atoms with E-state index in [1.54, 1.807) is 4.90 Å². The molecule has 2 aromatic heterocycles. The Balaban J connectivity index is 1.73. The van der Waals surface area contributed by atoms with Gasteiger partial charge in [0.1, 0.15) is 11.8 Å². The molecule has 3 rings (SSSR count). The number of likely N-dealkylation sites (tertiary alicyclic amines) is 1. The number of aryl methyl sites for hydroxylation is 2. The molecule has 3 heterocycles. The number of ether oxygens (including phenoxy) is 1. The van der Waals surface area contributed by atoms with Crippen molar-refractivity contribution in [1.82, 2.24) is 24.8 Å². The first-order valence-corrected chi connectivity index (χ1v) is 8.02. The molecule has 0 bridgehead atoms. The topological polar surface area (TPSA) is 121 Å². The molecule has 0 aliphatic carbocycles. The van der Waals surface area contributed by atoms with E-state index in [1.165, 1.54) is 0 Å². The number of aromatic amines is 2. The summed E-state index contributed by atoms with van der Waals surface area (Å²) in [6.07, 6.45) is 1.27. The first kappa shape index (κ1) is 16.9. The van der Waals surface area contributed by atoms with E-state index in [0.717, 1.165) is 30.3 Å². The maximum Gasteiger partial charge on any atom is 0.326 e. The molecule has 0 spiro atoms. The van der Waals surface area contributed by atoms with Crippen LogP contribution in [-0.4, -0.2) is 49.9 Å². The quantitative estimate of drug-likeness (QED) is 0.817. The highest BCUT2D eigenvalue weighted by molar-refractivity contribution is 5.92. The number of aromatic nitrogens is 4. The first-order chi connectivity index (χ1) is 11.9. The third-order valence-corrected chi connectivity index (χ3v) is 3.89. The summed E-state index contributed by atoms with van der Waals surface area (Å²) in [6.45, 7) is 4.59. The second kappa shape index (κ2) is 6.88.